The van der Waals surface area contributed by atoms with Crippen LogP contribution >= 0.6 is 23.2 Å². The molecule has 0 fully saturated rings. The van der Waals surface area contributed by atoms with Gasteiger partial charge < -0.3 is 9.15 Å². The zero-order valence-corrected chi connectivity index (χ0v) is 17.4. The third-order valence-electron chi connectivity index (χ3n) is 5.25. The van der Waals surface area contributed by atoms with Gasteiger partial charge in [-0.1, -0.05) is 59.6 Å². The largest absolute Gasteiger partial charge is 0.478 e. The molecule has 0 unspecified atom stereocenters. The quantitative estimate of drug-likeness (QED) is 0.362. The number of fused-ring (bicyclic) bond motifs is 3. The van der Waals surface area contributed by atoms with Crippen molar-refractivity contribution in [3.63, 3.8) is 0 Å². The number of halogens is 2. The first-order valence-corrected chi connectivity index (χ1v) is 10.3. The van der Waals surface area contributed by atoms with Crippen molar-refractivity contribution in [2.45, 2.75) is 13.1 Å². The van der Waals surface area contributed by atoms with E-state index in [-0.39, 0.29) is 5.63 Å². The van der Waals surface area contributed by atoms with Gasteiger partial charge in [-0.2, -0.15) is 0 Å². The van der Waals surface area contributed by atoms with Crippen molar-refractivity contribution in [1.82, 2.24) is 4.90 Å². The Labute approximate surface area is 183 Å². The van der Waals surface area contributed by atoms with Gasteiger partial charge in [-0.05, 0) is 41.0 Å². The zero-order valence-electron chi connectivity index (χ0n) is 15.9. The highest BCUT2D eigenvalue weighted by molar-refractivity contribution is 6.35. The zero-order chi connectivity index (χ0) is 20.7. The molecule has 30 heavy (non-hydrogen) atoms. The van der Waals surface area contributed by atoms with Crippen LogP contribution in [0, 0.1) is 0 Å². The Bertz CT molecular complexity index is 1300. The van der Waals surface area contributed by atoms with E-state index in [1.165, 1.54) is 0 Å². The molecule has 3 aromatic carbocycles. The van der Waals surface area contributed by atoms with Crippen LogP contribution in [-0.4, -0.2) is 11.6 Å². The molecule has 2 heterocycles. The lowest BCUT2D eigenvalue weighted by molar-refractivity contribution is 0.0890. The molecule has 0 aliphatic carbocycles. The van der Waals surface area contributed by atoms with Crippen molar-refractivity contribution in [2.75, 3.05) is 6.73 Å². The molecule has 0 spiro atoms. The summed E-state index contributed by atoms with van der Waals surface area (Å²) < 4.78 is 11.6. The normalized spacial score (nSPS) is 13.8. The molecular formula is C24H17Cl2NO3. The molecule has 4 nitrogen and oxygen atoms in total. The minimum atomic E-state index is -0.382. The maximum Gasteiger partial charge on any atom is 0.336 e. The van der Waals surface area contributed by atoms with Crippen molar-refractivity contribution in [2.24, 2.45) is 0 Å². The number of hydrogen-bond donors (Lipinski definition) is 0. The standard InChI is InChI=1S/C24H17Cl2NO3/c25-17-7-6-16(21(26)10-17)12-27-13-20-22(29-14-27)9-8-18-19(11-23(28)30-24(18)20)15-4-2-1-3-5-15/h1-11H,12-14H2. The van der Waals surface area contributed by atoms with E-state index >= 15 is 0 Å². The topological polar surface area (TPSA) is 42.7 Å². The lowest BCUT2D eigenvalue weighted by Gasteiger charge is -2.29. The Morgan fingerprint density at radius 3 is 2.60 bits per heavy atom. The van der Waals surface area contributed by atoms with Crippen molar-refractivity contribution < 1.29 is 9.15 Å². The molecule has 0 saturated heterocycles. The van der Waals surface area contributed by atoms with Crippen LogP contribution in [0.1, 0.15) is 11.1 Å². The Morgan fingerprint density at radius 2 is 1.80 bits per heavy atom. The number of nitrogens with zero attached hydrogens (tertiary/aromatic N) is 1. The summed E-state index contributed by atoms with van der Waals surface area (Å²) in [5, 5.41) is 2.10. The van der Waals surface area contributed by atoms with Crippen molar-refractivity contribution in [3.8, 4) is 16.9 Å². The van der Waals surface area contributed by atoms with Gasteiger partial charge >= 0.3 is 5.63 Å². The van der Waals surface area contributed by atoms with Gasteiger partial charge in [0.15, 0.2) is 0 Å². The van der Waals surface area contributed by atoms with E-state index in [0.717, 1.165) is 33.4 Å². The second-order valence-electron chi connectivity index (χ2n) is 7.26. The van der Waals surface area contributed by atoms with E-state index in [9.17, 15) is 4.79 Å². The molecule has 1 aliphatic rings. The average Bonchev–Trinajstić information content (AvgIpc) is 2.76. The number of hydrogen-bond acceptors (Lipinski definition) is 4. The van der Waals surface area contributed by atoms with Crippen LogP contribution in [0.25, 0.3) is 22.1 Å². The summed E-state index contributed by atoms with van der Waals surface area (Å²) in [6.07, 6.45) is 0. The predicted octanol–water partition coefficient (Wildman–Crippen LogP) is 6.12. The van der Waals surface area contributed by atoms with Crippen LogP contribution in [0.3, 0.4) is 0 Å². The number of rotatable bonds is 3. The Balaban J connectivity index is 1.56. The van der Waals surface area contributed by atoms with Gasteiger partial charge in [-0.15, -0.1) is 0 Å². The van der Waals surface area contributed by atoms with Crippen LogP contribution in [-0.2, 0) is 13.1 Å². The fraction of sp³-hybridized carbons (Fsp3) is 0.125. The number of benzene rings is 3. The molecule has 1 aromatic heterocycles. The molecule has 5 rings (SSSR count). The van der Waals surface area contributed by atoms with Gasteiger partial charge in [0, 0.05) is 34.6 Å². The van der Waals surface area contributed by atoms with E-state index in [0.29, 0.717) is 35.4 Å². The fourth-order valence-corrected chi connectivity index (χ4v) is 4.30. The van der Waals surface area contributed by atoms with E-state index < -0.39 is 0 Å². The fourth-order valence-electron chi connectivity index (χ4n) is 3.83. The molecule has 4 aromatic rings. The molecule has 0 bridgehead atoms. The first kappa shape index (κ1) is 19.2. The van der Waals surface area contributed by atoms with Crippen molar-refractivity contribution in [1.29, 1.82) is 0 Å². The monoisotopic (exact) mass is 437 g/mol. The summed E-state index contributed by atoms with van der Waals surface area (Å²) >= 11 is 12.3. The molecule has 0 saturated carbocycles. The third-order valence-corrected chi connectivity index (χ3v) is 5.84. The molecule has 0 amide bonds. The van der Waals surface area contributed by atoms with Gasteiger partial charge in [0.25, 0.3) is 0 Å². The van der Waals surface area contributed by atoms with E-state index in [1.54, 1.807) is 12.1 Å². The molecule has 0 atom stereocenters. The van der Waals surface area contributed by atoms with E-state index in [1.807, 2.05) is 54.6 Å². The second kappa shape index (κ2) is 7.80. The summed E-state index contributed by atoms with van der Waals surface area (Å²) in [6.45, 7) is 1.58. The molecule has 0 N–H and O–H groups in total. The second-order valence-corrected chi connectivity index (χ2v) is 8.10. The van der Waals surface area contributed by atoms with Gasteiger partial charge in [0.2, 0.25) is 0 Å². The van der Waals surface area contributed by atoms with E-state index in [4.69, 9.17) is 32.4 Å². The van der Waals surface area contributed by atoms with Crippen LogP contribution < -0.4 is 10.4 Å². The summed E-state index contributed by atoms with van der Waals surface area (Å²) in [5.74, 6) is 0.731. The SMILES string of the molecule is O=c1cc(-c2ccccc2)c2ccc3c(c2o1)CN(Cc1ccc(Cl)cc1Cl)CO3. The maximum absolute atomic E-state index is 12.4. The van der Waals surface area contributed by atoms with Gasteiger partial charge in [-0.3, -0.25) is 4.90 Å². The summed E-state index contributed by atoms with van der Waals surface area (Å²) in [7, 11) is 0. The van der Waals surface area contributed by atoms with Crippen molar-refractivity contribution >= 4 is 34.2 Å². The smallest absolute Gasteiger partial charge is 0.336 e. The van der Waals surface area contributed by atoms with Gasteiger partial charge in [0.05, 0.1) is 5.56 Å². The summed E-state index contributed by atoms with van der Waals surface area (Å²) in [5.41, 5.74) is 3.82. The van der Waals surface area contributed by atoms with Gasteiger partial charge in [-0.25, -0.2) is 4.79 Å². The maximum atomic E-state index is 12.4. The average molecular weight is 438 g/mol. The van der Waals surface area contributed by atoms with Crippen molar-refractivity contribution in [3.05, 3.63) is 98.3 Å². The Kier molecular flexibility index (Phi) is 4.99. The molecular weight excluding hydrogens is 421 g/mol. The minimum Gasteiger partial charge on any atom is -0.478 e. The highest BCUT2D eigenvalue weighted by Crippen LogP contribution is 2.36. The number of ether oxygens (including phenoxy) is 1. The Morgan fingerprint density at radius 1 is 0.967 bits per heavy atom. The molecule has 6 heteroatoms. The lowest BCUT2D eigenvalue weighted by atomic mass is 9.99. The van der Waals surface area contributed by atoms with Crippen LogP contribution in [0.2, 0.25) is 10.0 Å². The van der Waals surface area contributed by atoms with Crippen LogP contribution in [0.5, 0.6) is 5.75 Å². The minimum absolute atomic E-state index is 0.382. The first-order valence-electron chi connectivity index (χ1n) is 9.53. The Hall–Kier alpha value is -2.79. The molecule has 0 radical (unpaired) electrons. The molecule has 1 aliphatic heterocycles. The highest BCUT2D eigenvalue weighted by atomic mass is 35.5. The van der Waals surface area contributed by atoms with Gasteiger partial charge in [0.1, 0.15) is 18.1 Å². The third kappa shape index (κ3) is 3.58. The predicted molar refractivity (Wildman–Crippen MR) is 119 cm³/mol. The summed E-state index contributed by atoms with van der Waals surface area (Å²) in [6, 6.07) is 20.7. The summed E-state index contributed by atoms with van der Waals surface area (Å²) in [4.78, 5) is 14.5. The van der Waals surface area contributed by atoms with E-state index in [2.05, 4.69) is 4.90 Å². The highest BCUT2D eigenvalue weighted by Gasteiger charge is 2.23. The molecule has 150 valence electrons. The van der Waals surface area contributed by atoms with Crippen LogP contribution in [0.4, 0.5) is 0 Å². The lowest BCUT2D eigenvalue weighted by Crippen LogP contribution is -2.31. The first-order chi connectivity index (χ1) is 14.6. The van der Waals surface area contributed by atoms with Crippen LogP contribution in [0.15, 0.2) is 75.9 Å².